The van der Waals surface area contributed by atoms with Crippen molar-refractivity contribution in [1.82, 2.24) is 15.1 Å². The van der Waals surface area contributed by atoms with Crippen LogP contribution in [0.3, 0.4) is 0 Å². The highest BCUT2D eigenvalue weighted by Crippen LogP contribution is 2.29. The number of ether oxygens (including phenoxy) is 1. The van der Waals surface area contributed by atoms with E-state index in [0.717, 1.165) is 33.6 Å². The molecule has 32 heavy (non-hydrogen) atoms. The van der Waals surface area contributed by atoms with Crippen molar-refractivity contribution in [2.45, 2.75) is 20.4 Å². The number of rotatable bonds is 6. The summed E-state index contributed by atoms with van der Waals surface area (Å²) in [5.41, 5.74) is 5.72. The van der Waals surface area contributed by atoms with Crippen molar-refractivity contribution in [3.63, 3.8) is 0 Å². The number of methoxy groups -OCH3 is 1. The number of nitrogens with zero attached hydrogens (tertiary/aromatic N) is 3. The Balaban J connectivity index is 1.53. The van der Waals surface area contributed by atoms with Gasteiger partial charge in [-0.15, -0.1) is 10.2 Å². The Labute approximate surface area is 187 Å². The molecule has 6 nitrogen and oxygen atoms in total. The molecule has 0 saturated heterocycles. The van der Waals surface area contributed by atoms with E-state index in [1.54, 1.807) is 26.0 Å². The Kier molecular flexibility index (Phi) is 6.03. The first-order valence-corrected chi connectivity index (χ1v) is 10.3. The molecule has 6 heteroatoms. The van der Waals surface area contributed by atoms with Crippen molar-refractivity contribution in [3.05, 3.63) is 89.3 Å². The van der Waals surface area contributed by atoms with Gasteiger partial charge in [-0.25, -0.2) is 0 Å². The number of carbonyl (C=O) groups excluding carboxylic acids is 1. The van der Waals surface area contributed by atoms with E-state index in [1.165, 1.54) is 0 Å². The van der Waals surface area contributed by atoms with Crippen molar-refractivity contribution in [2.24, 2.45) is 0 Å². The van der Waals surface area contributed by atoms with E-state index in [2.05, 4.69) is 17.1 Å². The normalized spacial score (nSPS) is 10.8. The second-order valence-corrected chi connectivity index (χ2v) is 7.75. The molecule has 0 aliphatic heterocycles. The van der Waals surface area contributed by atoms with Crippen LogP contribution in [-0.2, 0) is 6.54 Å². The molecule has 0 N–H and O–H groups in total. The average Bonchev–Trinajstić information content (AvgIpc) is 3.25. The molecule has 0 atom stereocenters. The largest absolute Gasteiger partial charge is 0.497 e. The maximum atomic E-state index is 12.9. The summed E-state index contributed by atoms with van der Waals surface area (Å²) in [5.74, 6) is 1.77. The van der Waals surface area contributed by atoms with E-state index in [1.807, 2.05) is 66.7 Å². The highest BCUT2D eigenvalue weighted by molar-refractivity contribution is 5.94. The topological polar surface area (TPSA) is 68.5 Å². The molecule has 1 aromatic heterocycles. The van der Waals surface area contributed by atoms with Crippen LogP contribution in [-0.4, -0.2) is 35.2 Å². The zero-order valence-corrected chi connectivity index (χ0v) is 18.6. The van der Waals surface area contributed by atoms with Crippen molar-refractivity contribution in [3.8, 4) is 28.3 Å². The summed E-state index contributed by atoms with van der Waals surface area (Å²) in [5, 5.41) is 8.02. The molecule has 0 bridgehead atoms. The third-order valence-electron chi connectivity index (χ3n) is 5.35. The third kappa shape index (κ3) is 4.54. The van der Waals surface area contributed by atoms with Crippen LogP contribution in [0.1, 0.15) is 27.4 Å². The summed E-state index contributed by atoms with van der Waals surface area (Å²) < 4.78 is 10.8. The molecule has 0 fully saturated rings. The molecule has 4 aromatic rings. The standard InChI is InChI=1S/C26H25N3O3/c1-17-8-9-22(25-28-27-18(2)32-25)15-24(17)20-10-12-21(13-11-20)26(30)29(3)16-19-6-5-7-23(14-19)31-4/h5-15H,16H2,1-4H3. The van der Waals surface area contributed by atoms with Gasteiger partial charge in [-0.2, -0.15) is 0 Å². The van der Waals surface area contributed by atoms with Gasteiger partial charge in [0.05, 0.1) is 7.11 Å². The Bertz CT molecular complexity index is 1250. The first kappa shape index (κ1) is 21.3. The second-order valence-electron chi connectivity index (χ2n) is 7.75. The first-order valence-electron chi connectivity index (χ1n) is 10.3. The van der Waals surface area contributed by atoms with E-state index in [-0.39, 0.29) is 5.91 Å². The fourth-order valence-electron chi connectivity index (χ4n) is 3.61. The summed E-state index contributed by atoms with van der Waals surface area (Å²) in [6, 6.07) is 21.4. The Morgan fingerprint density at radius 2 is 1.72 bits per heavy atom. The monoisotopic (exact) mass is 427 g/mol. The zero-order chi connectivity index (χ0) is 22.7. The number of aryl methyl sites for hydroxylation is 2. The number of hydrogen-bond donors (Lipinski definition) is 0. The van der Waals surface area contributed by atoms with Crippen LogP contribution < -0.4 is 4.74 Å². The SMILES string of the molecule is COc1cccc(CN(C)C(=O)c2ccc(-c3cc(-c4nnc(C)o4)ccc3C)cc2)c1. The maximum Gasteiger partial charge on any atom is 0.253 e. The van der Waals surface area contributed by atoms with Gasteiger partial charge in [0.2, 0.25) is 11.8 Å². The Morgan fingerprint density at radius 1 is 0.969 bits per heavy atom. The molecular formula is C26H25N3O3. The van der Waals surface area contributed by atoms with E-state index in [9.17, 15) is 4.79 Å². The summed E-state index contributed by atoms with van der Waals surface area (Å²) >= 11 is 0. The van der Waals surface area contributed by atoms with E-state index >= 15 is 0 Å². The average molecular weight is 428 g/mol. The zero-order valence-electron chi connectivity index (χ0n) is 18.6. The molecule has 1 amide bonds. The molecule has 162 valence electrons. The third-order valence-corrected chi connectivity index (χ3v) is 5.35. The molecule has 0 radical (unpaired) electrons. The highest BCUT2D eigenvalue weighted by Gasteiger charge is 2.14. The van der Waals surface area contributed by atoms with Crippen LogP contribution in [0.15, 0.2) is 71.1 Å². The van der Waals surface area contributed by atoms with Crippen LogP contribution in [0, 0.1) is 13.8 Å². The molecule has 0 aliphatic carbocycles. The molecular weight excluding hydrogens is 402 g/mol. The Hall–Kier alpha value is -3.93. The van der Waals surface area contributed by atoms with Gasteiger partial charge in [0.25, 0.3) is 5.91 Å². The predicted molar refractivity (Wildman–Crippen MR) is 123 cm³/mol. The van der Waals surface area contributed by atoms with Crippen LogP contribution in [0.4, 0.5) is 0 Å². The summed E-state index contributed by atoms with van der Waals surface area (Å²) in [7, 11) is 3.44. The Morgan fingerprint density at radius 3 is 2.41 bits per heavy atom. The van der Waals surface area contributed by atoms with Crippen LogP contribution in [0.2, 0.25) is 0 Å². The number of benzene rings is 3. The molecule has 0 saturated carbocycles. The lowest BCUT2D eigenvalue weighted by molar-refractivity contribution is 0.0785. The van der Waals surface area contributed by atoms with Crippen molar-refractivity contribution >= 4 is 5.91 Å². The minimum absolute atomic E-state index is 0.0359. The number of carbonyl (C=O) groups is 1. The van der Waals surface area contributed by atoms with Crippen molar-refractivity contribution in [2.75, 3.05) is 14.2 Å². The highest BCUT2D eigenvalue weighted by atomic mass is 16.5. The van der Waals surface area contributed by atoms with Gasteiger partial charge in [0, 0.05) is 31.6 Å². The fourth-order valence-corrected chi connectivity index (χ4v) is 3.61. The smallest absolute Gasteiger partial charge is 0.253 e. The summed E-state index contributed by atoms with van der Waals surface area (Å²) in [6.07, 6.45) is 0. The van der Waals surface area contributed by atoms with Crippen LogP contribution in [0.5, 0.6) is 5.75 Å². The van der Waals surface area contributed by atoms with E-state index < -0.39 is 0 Å². The van der Waals surface area contributed by atoms with E-state index in [4.69, 9.17) is 9.15 Å². The number of amides is 1. The summed E-state index contributed by atoms with van der Waals surface area (Å²) in [6.45, 7) is 4.33. The predicted octanol–water partition coefficient (Wildman–Crippen LogP) is 5.30. The van der Waals surface area contributed by atoms with Gasteiger partial charge < -0.3 is 14.1 Å². The minimum Gasteiger partial charge on any atom is -0.497 e. The molecule has 0 unspecified atom stereocenters. The van der Waals surface area contributed by atoms with Gasteiger partial charge in [-0.3, -0.25) is 4.79 Å². The van der Waals surface area contributed by atoms with Gasteiger partial charge in [0.1, 0.15) is 5.75 Å². The minimum atomic E-state index is -0.0359. The lowest BCUT2D eigenvalue weighted by Crippen LogP contribution is -2.26. The molecule has 4 rings (SSSR count). The van der Waals surface area contributed by atoms with E-state index in [0.29, 0.717) is 23.9 Å². The van der Waals surface area contributed by atoms with Crippen molar-refractivity contribution < 1.29 is 13.9 Å². The van der Waals surface area contributed by atoms with Gasteiger partial charge in [-0.1, -0.05) is 30.3 Å². The summed E-state index contributed by atoms with van der Waals surface area (Å²) in [4.78, 5) is 14.6. The van der Waals surface area contributed by atoms with Crippen LogP contribution >= 0.6 is 0 Å². The fraction of sp³-hybridized carbons (Fsp3) is 0.192. The van der Waals surface area contributed by atoms with Crippen LogP contribution in [0.25, 0.3) is 22.6 Å². The first-order chi connectivity index (χ1) is 15.4. The molecule has 0 aliphatic rings. The second kappa shape index (κ2) is 9.06. The lowest BCUT2D eigenvalue weighted by atomic mass is 9.97. The molecule has 0 spiro atoms. The van der Waals surface area contributed by atoms with Gasteiger partial charge in [-0.05, 0) is 65.6 Å². The molecule has 1 heterocycles. The van der Waals surface area contributed by atoms with Crippen molar-refractivity contribution in [1.29, 1.82) is 0 Å². The van der Waals surface area contributed by atoms with Gasteiger partial charge >= 0.3 is 0 Å². The van der Waals surface area contributed by atoms with Gasteiger partial charge in [0.15, 0.2) is 0 Å². The molecule has 3 aromatic carbocycles. The maximum absolute atomic E-state index is 12.9. The lowest BCUT2D eigenvalue weighted by Gasteiger charge is -2.18. The number of aromatic nitrogens is 2. The number of hydrogen-bond acceptors (Lipinski definition) is 5. The quantitative estimate of drug-likeness (QED) is 0.418.